The maximum absolute atomic E-state index is 13.2. The van der Waals surface area contributed by atoms with Crippen molar-refractivity contribution in [2.75, 3.05) is 6.54 Å². The molecule has 0 radical (unpaired) electrons. The summed E-state index contributed by atoms with van der Waals surface area (Å²) >= 11 is 0. The van der Waals surface area contributed by atoms with Crippen LogP contribution in [0.15, 0.2) is 24.3 Å². The molecule has 4 nitrogen and oxygen atoms in total. The van der Waals surface area contributed by atoms with E-state index in [1.807, 2.05) is 11.6 Å². The Hall–Kier alpha value is -1.72. The van der Waals surface area contributed by atoms with Crippen LogP contribution < -0.4 is 0 Å². The molecule has 2 heterocycles. The zero-order chi connectivity index (χ0) is 17.4. The van der Waals surface area contributed by atoms with Gasteiger partial charge in [-0.1, -0.05) is 0 Å². The molecule has 0 amide bonds. The van der Waals surface area contributed by atoms with E-state index >= 15 is 0 Å². The molecule has 1 aliphatic carbocycles. The molecule has 1 aromatic heterocycles. The fourth-order valence-corrected chi connectivity index (χ4v) is 4.39. The number of aliphatic hydroxyl groups excluding tert-OH is 1. The number of aliphatic hydroxyl groups is 1. The Bertz CT molecular complexity index is 738. The molecule has 2 atom stereocenters. The van der Waals surface area contributed by atoms with E-state index in [1.165, 1.54) is 36.2 Å². The Morgan fingerprint density at radius 3 is 2.80 bits per heavy atom. The first-order valence-corrected chi connectivity index (χ1v) is 9.39. The van der Waals surface area contributed by atoms with Crippen molar-refractivity contribution >= 4 is 0 Å². The second kappa shape index (κ2) is 6.89. The topological polar surface area (TPSA) is 41.3 Å². The molecule has 2 unspecified atom stereocenters. The fraction of sp³-hybridized carbons (Fsp3) is 0.550. The van der Waals surface area contributed by atoms with Gasteiger partial charge in [0.2, 0.25) is 0 Å². The molecular formula is C20H26FN3O. The van der Waals surface area contributed by atoms with E-state index in [1.54, 1.807) is 12.1 Å². The van der Waals surface area contributed by atoms with E-state index in [2.05, 4.69) is 4.90 Å². The Labute approximate surface area is 148 Å². The smallest absolute Gasteiger partial charge is 0.123 e. The average molecular weight is 343 g/mol. The second-order valence-electron chi connectivity index (χ2n) is 7.46. The van der Waals surface area contributed by atoms with Crippen molar-refractivity contribution in [3.63, 3.8) is 0 Å². The molecule has 0 spiro atoms. The lowest BCUT2D eigenvalue weighted by Gasteiger charge is -2.25. The minimum Gasteiger partial charge on any atom is -0.393 e. The van der Waals surface area contributed by atoms with Crippen molar-refractivity contribution in [1.29, 1.82) is 0 Å². The lowest BCUT2D eigenvalue weighted by atomic mass is 10.1. The molecule has 0 saturated carbocycles. The molecule has 0 bridgehead atoms. The summed E-state index contributed by atoms with van der Waals surface area (Å²) in [5.41, 5.74) is 4.77. The second-order valence-corrected chi connectivity index (χ2v) is 7.46. The Kier molecular flexibility index (Phi) is 4.61. The van der Waals surface area contributed by atoms with Crippen LogP contribution in [0, 0.1) is 5.82 Å². The molecule has 1 aliphatic heterocycles. The lowest BCUT2D eigenvalue weighted by Crippen LogP contribution is -2.31. The summed E-state index contributed by atoms with van der Waals surface area (Å²) in [6.45, 7) is 3.81. The highest BCUT2D eigenvalue weighted by Crippen LogP contribution is 2.31. The Morgan fingerprint density at radius 2 is 2.04 bits per heavy atom. The number of halogens is 1. The van der Waals surface area contributed by atoms with Gasteiger partial charge in [0.25, 0.3) is 0 Å². The van der Waals surface area contributed by atoms with Gasteiger partial charge in [0.15, 0.2) is 0 Å². The third-order valence-corrected chi connectivity index (χ3v) is 5.55. The minimum atomic E-state index is -0.256. The number of benzene rings is 1. The number of likely N-dealkylation sites (tertiary alicyclic amines) is 1. The van der Waals surface area contributed by atoms with Gasteiger partial charge in [-0.05, 0) is 81.8 Å². The van der Waals surface area contributed by atoms with Crippen molar-refractivity contribution in [2.45, 2.75) is 64.1 Å². The summed E-state index contributed by atoms with van der Waals surface area (Å²) in [5, 5.41) is 14.6. The standard InChI is InChI=1S/C20H26FN3O/c1-14(25)12-17-4-3-11-23(17)13-19-18-5-2-6-20(18)24(22-19)16-9-7-15(21)8-10-16/h7-10,14,17,25H,2-6,11-13H2,1H3. The van der Waals surface area contributed by atoms with Crippen molar-refractivity contribution in [1.82, 2.24) is 14.7 Å². The van der Waals surface area contributed by atoms with Crippen LogP contribution in [0.25, 0.3) is 5.69 Å². The van der Waals surface area contributed by atoms with Crippen molar-refractivity contribution in [3.8, 4) is 5.69 Å². The van der Waals surface area contributed by atoms with Gasteiger partial charge in [-0.2, -0.15) is 5.10 Å². The van der Waals surface area contributed by atoms with Crippen LogP contribution in [-0.4, -0.2) is 38.5 Å². The lowest BCUT2D eigenvalue weighted by molar-refractivity contribution is 0.130. The first kappa shape index (κ1) is 16.7. The molecule has 134 valence electrons. The largest absolute Gasteiger partial charge is 0.393 e. The predicted octanol–water partition coefficient (Wildman–Crippen LogP) is 3.24. The summed E-state index contributed by atoms with van der Waals surface area (Å²) < 4.78 is 15.3. The van der Waals surface area contributed by atoms with Gasteiger partial charge in [0.05, 0.1) is 17.5 Å². The van der Waals surface area contributed by atoms with Gasteiger partial charge in [0.1, 0.15) is 5.82 Å². The van der Waals surface area contributed by atoms with E-state index < -0.39 is 0 Å². The van der Waals surface area contributed by atoms with Gasteiger partial charge in [-0.25, -0.2) is 9.07 Å². The molecule has 1 fully saturated rings. The molecule has 1 saturated heterocycles. The minimum absolute atomic E-state index is 0.217. The highest BCUT2D eigenvalue weighted by atomic mass is 19.1. The summed E-state index contributed by atoms with van der Waals surface area (Å²) in [6.07, 6.45) is 6.22. The van der Waals surface area contributed by atoms with E-state index in [0.717, 1.165) is 50.2 Å². The van der Waals surface area contributed by atoms with Crippen molar-refractivity contribution < 1.29 is 9.50 Å². The maximum atomic E-state index is 13.2. The number of rotatable bonds is 5. The van der Waals surface area contributed by atoms with Crippen LogP contribution in [0.5, 0.6) is 0 Å². The molecule has 2 aliphatic rings. The summed E-state index contributed by atoms with van der Waals surface area (Å²) in [4.78, 5) is 2.47. The molecule has 4 rings (SSSR count). The number of aromatic nitrogens is 2. The molecule has 5 heteroatoms. The fourth-order valence-electron chi connectivity index (χ4n) is 4.39. The first-order valence-electron chi connectivity index (χ1n) is 9.39. The van der Waals surface area contributed by atoms with Crippen LogP contribution in [0.2, 0.25) is 0 Å². The van der Waals surface area contributed by atoms with Gasteiger partial charge >= 0.3 is 0 Å². The quantitative estimate of drug-likeness (QED) is 0.906. The molecule has 2 aromatic rings. The van der Waals surface area contributed by atoms with Gasteiger partial charge in [-0.3, -0.25) is 4.90 Å². The van der Waals surface area contributed by atoms with Crippen LogP contribution in [0.3, 0.4) is 0 Å². The average Bonchev–Trinajstić information content (AvgIpc) is 3.27. The third-order valence-electron chi connectivity index (χ3n) is 5.55. The summed E-state index contributed by atoms with van der Waals surface area (Å²) in [7, 11) is 0. The van der Waals surface area contributed by atoms with E-state index in [0.29, 0.717) is 6.04 Å². The highest BCUT2D eigenvalue weighted by Gasteiger charge is 2.29. The van der Waals surface area contributed by atoms with Crippen molar-refractivity contribution in [3.05, 3.63) is 47.0 Å². The molecule has 25 heavy (non-hydrogen) atoms. The van der Waals surface area contributed by atoms with Gasteiger partial charge in [0, 0.05) is 18.3 Å². The van der Waals surface area contributed by atoms with Gasteiger partial charge in [-0.15, -0.1) is 0 Å². The monoisotopic (exact) mass is 343 g/mol. The van der Waals surface area contributed by atoms with E-state index in [4.69, 9.17) is 5.10 Å². The van der Waals surface area contributed by atoms with Crippen LogP contribution in [0.1, 0.15) is 49.6 Å². The number of hydrogen-bond donors (Lipinski definition) is 1. The summed E-state index contributed by atoms with van der Waals surface area (Å²) in [6, 6.07) is 7.05. The SMILES string of the molecule is CC(O)CC1CCCN1Cc1nn(-c2ccc(F)cc2)c2c1CCC2. The normalized spacial score (nSPS) is 21.6. The number of fused-ring (bicyclic) bond motifs is 1. The van der Waals surface area contributed by atoms with Gasteiger partial charge < -0.3 is 5.11 Å². The first-order chi connectivity index (χ1) is 12.1. The Balaban J connectivity index is 1.60. The van der Waals surface area contributed by atoms with Crippen LogP contribution >= 0.6 is 0 Å². The molecule has 1 N–H and O–H groups in total. The Morgan fingerprint density at radius 1 is 1.24 bits per heavy atom. The zero-order valence-electron chi connectivity index (χ0n) is 14.8. The van der Waals surface area contributed by atoms with Crippen LogP contribution in [0.4, 0.5) is 4.39 Å². The molecule has 1 aromatic carbocycles. The highest BCUT2D eigenvalue weighted by molar-refractivity contribution is 5.40. The number of nitrogens with zero attached hydrogens (tertiary/aromatic N) is 3. The van der Waals surface area contributed by atoms with E-state index in [9.17, 15) is 9.50 Å². The number of hydrogen-bond acceptors (Lipinski definition) is 3. The van der Waals surface area contributed by atoms with Crippen molar-refractivity contribution in [2.24, 2.45) is 0 Å². The summed E-state index contributed by atoms with van der Waals surface area (Å²) in [5.74, 6) is -0.217. The predicted molar refractivity (Wildman–Crippen MR) is 95.3 cm³/mol. The third kappa shape index (κ3) is 3.35. The molecular weight excluding hydrogens is 317 g/mol. The van der Waals surface area contributed by atoms with E-state index in [-0.39, 0.29) is 11.9 Å². The maximum Gasteiger partial charge on any atom is 0.123 e. The zero-order valence-corrected chi connectivity index (χ0v) is 14.8. The van der Waals surface area contributed by atoms with Crippen LogP contribution in [-0.2, 0) is 19.4 Å².